The lowest BCUT2D eigenvalue weighted by Crippen LogP contribution is -2.38. The zero-order valence-corrected chi connectivity index (χ0v) is 12.9. The molecule has 1 atom stereocenters. The molecule has 20 heavy (non-hydrogen) atoms. The Labute approximate surface area is 123 Å². The minimum atomic E-state index is 0.803. The molecular weight excluding hydrogens is 248 g/mol. The first-order chi connectivity index (χ1) is 9.81. The van der Waals surface area contributed by atoms with Crippen molar-refractivity contribution in [2.24, 2.45) is 5.92 Å². The largest absolute Gasteiger partial charge is 0.494 e. The van der Waals surface area contributed by atoms with Gasteiger partial charge in [0.25, 0.3) is 0 Å². The summed E-state index contributed by atoms with van der Waals surface area (Å²) in [6.07, 6.45) is 3.74. The highest BCUT2D eigenvalue weighted by atomic mass is 16.5. The molecule has 1 aliphatic rings. The van der Waals surface area contributed by atoms with Crippen molar-refractivity contribution in [3.05, 3.63) is 29.8 Å². The van der Waals surface area contributed by atoms with Gasteiger partial charge in [0.2, 0.25) is 0 Å². The van der Waals surface area contributed by atoms with E-state index in [4.69, 9.17) is 4.74 Å². The topological polar surface area (TPSA) is 24.5 Å². The molecular formula is C17H28N2O. The van der Waals surface area contributed by atoms with Crippen LogP contribution < -0.4 is 10.1 Å². The lowest BCUT2D eigenvalue weighted by atomic mass is 9.97. The fourth-order valence-electron chi connectivity index (χ4n) is 2.92. The van der Waals surface area contributed by atoms with Gasteiger partial charge in [0.1, 0.15) is 5.75 Å². The summed E-state index contributed by atoms with van der Waals surface area (Å²) in [5.74, 6) is 1.79. The molecule has 3 heteroatoms. The van der Waals surface area contributed by atoms with Gasteiger partial charge < -0.3 is 10.1 Å². The van der Waals surface area contributed by atoms with E-state index >= 15 is 0 Å². The maximum atomic E-state index is 5.63. The molecule has 1 N–H and O–H groups in total. The van der Waals surface area contributed by atoms with Crippen LogP contribution in [0.3, 0.4) is 0 Å². The van der Waals surface area contributed by atoms with Crippen LogP contribution in [0, 0.1) is 5.92 Å². The van der Waals surface area contributed by atoms with E-state index < -0.39 is 0 Å². The van der Waals surface area contributed by atoms with Crippen LogP contribution in [0.15, 0.2) is 24.3 Å². The highest BCUT2D eigenvalue weighted by Gasteiger charge is 2.19. The molecule has 1 aliphatic heterocycles. The fraction of sp³-hybridized carbons (Fsp3) is 0.647. The number of hydrogen-bond donors (Lipinski definition) is 1. The van der Waals surface area contributed by atoms with E-state index in [1.807, 2.05) is 7.05 Å². The van der Waals surface area contributed by atoms with Crippen molar-refractivity contribution in [1.82, 2.24) is 10.2 Å². The van der Waals surface area contributed by atoms with Crippen molar-refractivity contribution in [3.8, 4) is 5.75 Å². The average Bonchev–Trinajstić information content (AvgIpc) is 2.47. The quantitative estimate of drug-likeness (QED) is 0.829. The van der Waals surface area contributed by atoms with Crippen LogP contribution in [0.1, 0.15) is 31.7 Å². The maximum absolute atomic E-state index is 5.63. The van der Waals surface area contributed by atoms with Gasteiger partial charge in [-0.05, 0) is 63.0 Å². The summed E-state index contributed by atoms with van der Waals surface area (Å²) in [7, 11) is 2.05. The Morgan fingerprint density at radius 2 is 2.10 bits per heavy atom. The maximum Gasteiger partial charge on any atom is 0.119 e. The number of likely N-dealkylation sites (tertiary alicyclic amines) is 1. The molecule has 3 nitrogen and oxygen atoms in total. The lowest BCUT2D eigenvalue weighted by Gasteiger charge is -2.32. The van der Waals surface area contributed by atoms with Gasteiger partial charge >= 0.3 is 0 Å². The molecule has 1 aromatic carbocycles. The van der Waals surface area contributed by atoms with E-state index in [9.17, 15) is 0 Å². The van der Waals surface area contributed by atoms with Gasteiger partial charge in [0.15, 0.2) is 0 Å². The second-order valence-corrected chi connectivity index (χ2v) is 5.79. The van der Waals surface area contributed by atoms with Crippen LogP contribution in [-0.2, 0) is 6.54 Å². The van der Waals surface area contributed by atoms with Crippen LogP contribution in [0.4, 0.5) is 0 Å². The van der Waals surface area contributed by atoms with Crippen molar-refractivity contribution in [2.75, 3.05) is 33.3 Å². The fourth-order valence-corrected chi connectivity index (χ4v) is 2.92. The second kappa shape index (κ2) is 8.28. The van der Waals surface area contributed by atoms with Gasteiger partial charge in [-0.15, -0.1) is 0 Å². The van der Waals surface area contributed by atoms with E-state index in [1.165, 1.54) is 31.5 Å². The van der Waals surface area contributed by atoms with Gasteiger partial charge in [0, 0.05) is 13.1 Å². The summed E-state index contributed by atoms with van der Waals surface area (Å²) < 4.78 is 5.63. The van der Waals surface area contributed by atoms with Crippen molar-refractivity contribution >= 4 is 0 Å². The smallest absolute Gasteiger partial charge is 0.119 e. The van der Waals surface area contributed by atoms with Crippen molar-refractivity contribution < 1.29 is 4.74 Å². The Morgan fingerprint density at radius 1 is 1.30 bits per heavy atom. The molecule has 0 aromatic heterocycles. The monoisotopic (exact) mass is 276 g/mol. The van der Waals surface area contributed by atoms with Crippen molar-refractivity contribution in [2.45, 2.75) is 32.7 Å². The molecule has 0 amide bonds. The molecule has 112 valence electrons. The molecule has 0 spiro atoms. The molecule has 0 aliphatic carbocycles. The molecule has 1 aromatic rings. The summed E-state index contributed by atoms with van der Waals surface area (Å²) in [6, 6.07) is 8.60. The first-order valence-electron chi connectivity index (χ1n) is 7.90. The Balaban J connectivity index is 1.83. The standard InChI is InChI=1S/C17H28N2O/c1-3-11-20-17-8-6-15(7-9-17)13-19-10-4-5-16(14-19)12-18-2/h6-9,16,18H,3-5,10-14H2,1-2H3. The summed E-state index contributed by atoms with van der Waals surface area (Å²) in [6.45, 7) is 7.58. The third-order valence-corrected chi connectivity index (χ3v) is 3.90. The highest BCUT2D eigenvalue weighted by Crippen LogP contribution is 2.19. The normalized spacial score (nSPS) is 20.0. The van der Waals surface area contributed by atoms with Gasteiger partial charge in [-0.25, -0.2) is 0 Å². The van der Waals surface area contributed by atoms with Crippen molar-refractivity contribution in [1.29, 1.82) is 0 Å². The van der Waals surface area contributed by atoms with E-state index in [-0.39, 0.29) is 0 Å². The van der Waals surface area contributed by atoms with Crippen molar-refractivity contribution in [3.63, 3.8) is 0 Å². The Kier molecular flexibility index (Phi) is 6.34. The minimum Gasteiger partial charge on any atom is -0.494 e. The van der Waals surface area contributed by atoms with E-state index in [2.05, 4.69) is 41.4 Å². The minimum absolute atomic E-state index is 0.803. The SMILES string of the molecule is CCCOc1ccc(CN2CCCC(CNC)C2)cc1. The Hall–Kier alpha value is -1.06. The molecule has 1 unspecified atom stereocenters. The van der Waals surface area contributed by atoms with Crippen LogP contribution in [-0.4, -0.2) is 38.2 Å². The molecule has 0 radical (unpaired) electrons. The van der Waals surface area contributed by atoms with Gasteiger partial charge in [-0.3, -0.25) is 4.90 Å². The Bertz CT molecular complexity index is 375. The summed E-state index contributed by atoms with van der Waals surface area (Å²) >= 11 is 0. The van der Waals surface area contributed by atoms with Gasteiger partial charge in [0.05, 0.1) is 6.61 Å². The molecule has 0 bridgehead atoms. The molecule has 1 heterocycles. The zero-order chi connectivity index (χ0) is 14.2. The number of nitrogens with one attached hydrogen (secondary N) is 1. The van der Waals surface area contributed by atoms with Gasteiger partial charge in [-0.2, -0.15) is 0 Å². The summed E-state index contributed by atoms with van der Waals surface area (Å²) in [4.78, 5) is 2.58. The van der Waals surface area contributed by atoms with E-state index in [1.54, 1.807) is 0 Å². The van der Waals surface area contributed by atoms with E-state index in [0.717, 1.165) is 37.8 Å². The molecule has 1 saturated heterocycles. The first kappa shape index (κ1) is 15.3. The number of ether oxygens (including phenoxy) is 1. The Morgan fingerprint density at radius 3 is 2.80 bits per heavy atom. The predicted molar refractivity (Wildman–Crippen MR) is 84.2 cm³/mol. The van der Waals surface area contributed by atoms with Crippen LogP contribution in [0.5, 0.6) is 5.75 Å². The van der Waals surface area contributed by atoms with E-state index in [0.29, 0.717) is 0 Å². The second-order valence-electron chi connectivity index (χ2n) is 5.79. The molecule has 2 rings (SSSR count). The van der Waals surface area contributed by atoms with Gasteiger partial charge in [-0.1, -0.05) is 19.1 Å². The third kappa shape index (κ3) is 4.80. The number of piperidine rings is 1. The average molecular weight is 276 g/mol. The zero-order valence-electron chi connectivity index (χ0n) is 12.9. The highest BCUT2D eigenvalue weighted by molar-refractivity contribution is 5.27. The lowest BCUT2D eigenvalue weighted by molar-refractivity contribution is 0.167. The molecule has 0 saturated carbocycles. The van der Waals surface area contributed by atoms with Crippen LogP contribution in [0.2, 0.25) is 0 Å². The number of nitrogens with zero attached hydrogens (tertiary/aromatic N) is 1. The van der Waals surface area contributed by atoms with Crippen LogP contribution in [0.25, 0.3) is 0 Å². The predicted octanol–water partition coefficient (Wildman–Crippen LogP) is 2.91. The number of rotatable bonds is 7. The first-order valence-corrected chi connectivity index (χ1v) is 7.90. The molecule has 1 fully saturated rings. The third-order valence-electron chi connectivity index (χ3n) is 3.90. The summed E-state index contributed by atoms with van der Waals surface area (Å²) in [5.41, 5.74) is 1.39. The number of hydrogen-bond acceptors (Lipinski definition) is 3. The number of benzene rings is 1. The summed E-state index contributed by atoms with van der Waals surface area (Å²) in [5, 5.41) is 3.31. The van der Waals surface area contributed by atoms with Crippen LogP contribution >= 0.6 is 0 Å².